The van der Waals surface area contributed by atoms with Crippen molar-refractivity contribution in [2.45, 2.75) is 13.0 Å². The summed E-state index contributed by atoms with van der Waals surface area (Å²) in [6.45, 7) is 4.39. The first kappa shape index (κ1) is 19.5. The zero-order valence-electron chi connectivity index (χ0n) is 15.1. The SMILES string of the molecule is O=C(O)Cc1cc(Cl)cc(CN2CCN(c3nc4ccc(Cl)cc4s3)CC2)c1. The first-order valence-corrected chi connectivity index (χ1v) is 10.6. The molecule has 0 unspecified atom stereocenters. The van der Waals surface area contributed by atoms with Gasteiger partial charge in [0.2, 0.25) is 0 Å². The molecule has 0 bridgehead atoms. The van der Waals surface area contributed by atoms with Crippen molar-refractivity contribution in [3.63, 3.8) is 0 Å². The minimum Gasteiger partial charge on any atom is -0.481 e. The maximum atomic E-state index is 11.0. The van der Waals surface area contributed by atoms with Crippen molar-refractivity contribution < 1.29 is 9.90 Å². The number of rotatable bonds is 5. The summed E-state index contributed by atoms with van der Waals surface area (Å²) in [5.41, 5.74) is 2.77. The van der Waals surface area contributed by atoms with Crippen molar-refractivity contribution in [3.05, 3.63) is 57.6 Å². The van der Waals surface area contributed by atoms with E-state index in [4.69, 9.17) is 33.3 Å². The summed E-state index contributed by atoms with van der Waals surface area (Å²) in [6, 6.07) is 11.4. The molecule has 1 aliphatic rings. The quantitative estimate of drug-likeness (QED) is 0.636. The summed E-state index contributed by atoms with van der Waals surface area (Å²) in [4.78, 5) is 20.4. The molecule has 4 rings (SSSR count). The van der Waals surface area contributed by atoms with Crippen LogP contribution in [0.15, 0.2) is 36.4 Å². The largest absolute Gasteiger partial charge is 0.481 e. The van der Waals surface area contributed by atoms with Gasteiger partial charge < -0.3 is 10.0 Å². The van der Waals surface area contributed by atoms with E-state index in [1.807, 2.05) is 30.3 Å². The van der Waals surface area contributed by atoms with E-state index in [1.165, 1.54) is 0 Å². The Balaban J connectivity index is 1.40. The number of piperazine rings is 1. The number of fused-ring (bicyclic) bond motifs is 1. The van der Waals surface area contributed by atoms with Gasteiger partial charge in [0.25, 0.3) is 0 Å². The highest BCUT2D eigenvalue weighted by Gasteiger charge is 2.20. The van der Waals surface area contributed by atoms with Gasteiger partial charge in [-0.05, 0) is 41.5 Å². The fourth-order valence-corrected chi connectivity index (χ4v) is 5.04. The van der Waals surface area contributed by atoms with Crippen LogP contribution in [0.1, 0.15) is 11.1 Å². The molecule has 8 heteroatoms. The van der Waals surface area contributed by atoms with E-state index in [-0.39, 0.29) is 6.42 Å². The summed E-state index contributed by atoms with van der Waals surface area (Å²) in [5, 5.41) is 11.4. The molecule has 146 valence electrons. The van der Waals surface area contributed by atoms with Crippen molar-refractivity contribution in [2.75, 3.05) is 31.1 Å². The second-order valence-corrected chi connectivity index (χ2v) is 8.79. The van der Waals surface area contributed by atoms with E-state index >= 15 is 0 Å². The van der Waals surface area contributed by atoms with Crippen LogP contribution in [0, 0.1) is 0 Å². The molecular weight excluding hydrogens is 417 g/mol. The van der Waals surface area contributed by atoms with E-state index < -0.39 is 5.97 Å². The van der Waals surface area contributed by atoms with Crippen LogP contribution in [-0.2, 0) is 17.8 Å². The summed E-state index contributed by atoms with van der Waals surface area (Å²) in [5.74, 6) is -0.848. The zero-order chi connectivity index (χ0) is 19.7. The number of halogens is 2. The topological polar surface area (TPSA) is 56.7 Å². The van der Waals surface area contributed by atoms with Gasteiger partial charge in [-0.2, -0.15) is 0 Å². The summed E-state index contributed by atoms with van der Waals surface area (Å²) in [7, 11) is 0. The van der Waals surface area contributed by atoms with Crippen molar-refractivity contribution in [3.8, 4) is 0 Å². The first-order valence-electron chi connectivity index (χ1n) is 9.00. The van der Waals surface area contributed by atoms with Gasteiger partial charge in [-0.1, -0.05) is 40.6 Å². The summed E-state index contributed by atoms with van der Waals surface area (Å²) >= 11 is 13.9. The molecule has 0 amide bonds. The van der Waals surface area contributed by atoms with Crippen LogP contribution >= 0.6 is 34.5 Å². The van der Waals surface area contributed by atoms with Crippen molar-refractivity contribution in [1.82, 2.24) is 9.88 Å². The molecule has 1 aliphatic heterocycles. The lowest BCUT2D eigenvalue weighted by Gasteiger charge is -2.34. The Labute approximate surface area is 177 Å². The molecular formula is C20H19Cl2N3O2S. The van der Waals surface area contributed by atoms with E-state index in [0.717, 1.165) is 64.2 Å². The molecule has 0 saturated carbocycles. The number of anilines is 1. The third-order valence-electron chi connectivity index (χ3n) is 4.76. The molecule has 0 radical (unpaired) electrons. The zero-order valence-corrected chi connectivity index (χ0v) is 17.4. The number of carboxylic acids is 1. The van der Waals surface area contributed by atoms with E-state index in [2.05, 4.69) is 9.80 Å². The Morgan fingerprint density at radius 3 is 2.54 bits per heavy atom. The number of hydrogen-bond acceptors (Lipinski definition) is 5. The molecule has 2 heterocycles. The number of carbonyl (C=O) groups is 1. The van der Waals surface area contributed by atoms with Crippen LogP contribution in [0.2, 0.25) is 10.0 Å². The van der Waals surface area contributed by atoms with E-state index in [1.54, 1.807) is 17.4 Å². The number of thiazole rings is 1. The molecule has 1 aromatic heterocycles. The van der Waals surface area contributed by atoms with Crippen LogP contribution in [0.3, 0.4) is 0 Å². The maximum Gasteiger partial charge on any atom is 0.307 e. The molecule has 3 aromatic rings. The molecule has 1 saturated heterocycles. The normalized spacial score (nSPS) is 15.3. The Morgan fingerprint density at radius 1 is 1.04 bits per heavy atom. The third kappa shape index (κ3) is 4.58. The number of aromatic nitrogens is 1. The second kappa shape index (κ2) is 8.25. The minimum absolute atomic E-state index is 0.0110. The lowest BCUT2D eigenvalue weighted by molar-refractivity contribution is -0.136. The number of aliphatic carboxylic acids is 1. The third-order valence-corrected chi connectivity index (χ3v) is 6.29. The van der Waals surface area contributed by atoms with Gasteiger partial charge in [0.05, 0.1) is 16.6 Å². The molecule has 0 atom stereocenters. The molecule has 28 heavy (non-hydrogen) atoms. The van der Waals surface area contributed by atoms with Gasteiger partial charge in [0.1, 0.15) is 0 Å². The van der Waals surface area contributed by atoms with Gasteiger partial charge >= 0.3 is 5.97 Å². The van der Waals surface area contributed by atoms with Crippen LogP contribution in [0.4, 0.5) is 5.13 Å². The highest BCUT2D eigenvalue weighted by Crippen LogP contribution is 2.31. The van der Waals surface area contributed by atoms with E-state index in [0.29, 0.717) is 5.02 Å². The van der Waals surface area contributed by atoms with Gasteiger partial charge in [0.15, 0.2) is 5.13 Å². The highest BCUT2D eigenvalue weighted by molar-refractivity contribution is 7.22. The lowest BCUT2D eigenvalue weighted by atomic mass is 10.1. The smallest absolute Gasteiger partial charge is 0.307 e. The lowest BCUT2D eigenvalue weighted by Crippen LogP contribution is -2.45. The fourth-order valence-electron chi connectivity index (χ4n) is 3.46. The van der Waals surface area contributed by atoms with Crippen LogP contribution in [0.5, 0.6) is 0 Å². The Kier molecular flexibility index (Phi) is 5.73. The van der Waals surface area contributed by atoms with Gasteiger partial charge in [0, 0.05) is 42.8 Å². The summed E-state index contributed by atoms with van der Waals surface area (Å²) < 4.78 is 1.11. The fraction of sp³-hybridized carbons (Fsp3) is 0.300. The molecule has 1 fully saturated rings. The second-order valence-electron chi connectivity index (χ2n) is 6.91. The molecule has 0 spiro atoms. The number of benzene rings is 2. The Bertz CT molecular complexity index is 1020. The van der Waals surface area contributed by atoms with Crippen molar-refractivity contribution >= 4 is 55.9 Å². The molecule has 0 aliphatic carbocycles. The molecule has 5 nitrogen and oxygen atoms in total. The minimum atomic E-state index is -0.848. The van der Waals surface area contributed by atoms with Crippen molar-refractivity contribution in [2.24, 2.45) is 0 Å². The maximum absolute atomic E-state index is 11.0. The average molecular weight is 436 g/mol. The number of carboxylic acid groups (broad SMARTS) is 1. The first-order chi connectivity index (χ1) is 13.5. The van der Waals surface area contributed by atoms with Crippen LogP contribution < -0.4 is 4.90 Å². The standard InChI is InChI=1S/C20H19Cl2N3O2S/c21-15-1-2-17-18(11-15)28-20(23-17)25-5-3-24(4-6-25)12-14-7-13(10-19(26)27)8-16(22)9-14/h1-2,7-9,11H,3-6,10,12H2,(H,26,27). The number of nitrogens with zero attached hydrogens (tertiary/aromatic N) is 3. The van der Waals surface area contributed by atoms with Gasteiger partial charge in [-0.15, -0.1) is 0 Å². The van der Waals surface area contributed by atoms with E-state index in [9.17, 15) is 4.79 Å². The van der Waals surface area contributed by atoms with Crippen LogP contribution in [-0.4, -0.2) is 47.1 Å². The predicted octanol–water partition coefficient (Wildman–Crippen LogP) is 4.55. The molecule has 1 N–H and O–H groups in total. The highest BCUT2D eigenvalue weighted by atomic mass is 35.5. The Morgan fingerprint density at radius 2 is 1.79 bits per heavy atom. The van der Waals surface area contributed by atoms with Gasteiger partial charge in [-0.3, -0.25) is 9.69 Å². The van der Waals surface area contributed by atoms with Crippen molar-refractivity contribution in [1.29, 1.82) is 0 Å². The summed E-state index contributed by atoms with van der Waals surface area (Å²) in [6.07, 6.45) is -0.0110. The molecule has 2 aromatic carbocycles. The number of hydrogen-bond donors (Lipinski definition) is 1. The van der Waals surface area contributed by atoms with Gasteiger partial charge in [-0.25, -0.2) is 4.98 Å². The Hall–Kier alpha value is -1.86. The van der Waals surface area contributed by atoms with Crippen LogP contribution in [0.25, 0.3) is 10.2 Å². The average Bonchev–Trinajstić information content (AvgIpc) is 3.04. The predicted molar refractivity (Wildman–Crippen MR) is 115 cm³/mol. The monoisotopic (exact) mass is 435 g/mol.